The monoisotopic (exact) mass is 263 g/mol. The average molecular weight is 263 g/mol. The summed E-state index contributed by atoms with van der Waals surface area (Å²) in [6.45, 7) is 5.83. The van der Waals surface area contributed by atoms with E-state index >= 15 is 0 Å². The highest BCUT2D eigenvalue weighted by Gasteiger charge is 2.11. The van der Waals surface area contributed by atoms with E-state index in [1.807, 2.05) is 32.0 Å². The Morgan fingerprint density at radius 1 is 1.26 bits per heavy atom. The van der Waals surface area contributed by atoms with Gasteiger partial charge in [-0.05, 0) is 24.1 Å². The third-order valence-electron chi connectivity index (χ3n) is 3.05. The van der Waals surface area contributed by atoms with Gasteiger partial charge in [-0.15, -0.1) is 0 Å². The molecule has 4 nitrogen and oxygen atoms in total. The SMILES string of the molecule is CC(C)C(=O)NCCc1ccc2c(c1)OCCCO2. The highest BCUT2D eigenvalue weighted by atomic mass is 16.5. The molecule has 0 bridgehead atoms. The molecule has 1 aromatic rings. The molecule has 0 aliphatic carbocycles. The Morgan fingerprint density at radius 2 is 2.00 bits per heavy atom. The first-order valence-corrected chi connectivity index (χ1v) is 6.83. The van der Waals surface area contributed by atoms with E-state index in [4.69, 9.17) is 9.47 Å². The summed E-state index contributed by atoms with van der Waals surface area (Å²) in [6, 6.07) is 5.97. The number of carbonyl (C=O) groups excluding carboxylic acids is 1. The van der Waals surface area contributed by atoms with Gasteiger partial charge in [0.25, 0.3) is 0 Å². The number of benzene rings is 1. The van der Waals surface area contributed by atoms with Crippen LogP contribution in [0.4, 0.5) is 0 Å². The van der Waals surface area contributed by atoms with E-state index < -0.39 is 0 Å². The van der Waals surface area contributed by atoms with Crippen molar-refractivity contribution in [3.8, 4) is 11.5 Å². The molecule has 0 saturated carbocycles. The molecule has 2 rings (SSSR count). The molecule has 0 atom stereocenters. The number of amides is 1. The van der Waals surface area contributed by atoms with Crippen molar-refractivity contribution in [1.29, 1.82) is 0 Å². The second-order valence-electron chi connectivity index (χ2n) is 5.03. The van der Waals surface area contributed by atoms with Crippen LogP contribution in [0.15, 0.2) is 18.2 Å². The number of rotatable bonds is 4. The predicted molar refractivity (Wildman–Crippen MR) is 73.6 cm³/mol. The summed E-state index contributed by atoms with van der Waals surface area (Å²) in [4.78, 5) is 11.5. The van der Waals surface area contributed by atoms with E-state index in [0.717, 1.165) is 29.9 Å². The lowest BCUT2D eigenvalue weighted by molar-refractivity contribution is -0.123. The molecule has 1 aliphatic rings. The fourth-order valence-corrected chi connectivity index (χ4v) is 1.90. The smallest absolute Gasteiger partial charge is 0.222 e. The standard InChI is InChI=1S/C15H21NO3/c1-11(2)15(17)16-7-6-12-4-5-13-14(10-12)19-9-3-8-18-13/h4-5,10-11H,3,6-9H2,1-2H3,(H,16,17). The lowest BCUT2D eigenvalue weighted by Crippen LogP contribution is -2.29. The van der Waals surface area contributed by atoms with Crippen molar-refractivity contribution in [2.75, 3.05) is 19.8 Å². The van der Waals surface area contributed by atoms with Crippen molar-refractivity contribution in [2.24, 2.45) is 5.92 Å². The molecule has 1 amide bonds. The number of nitrogens with one attached hydrogen (secondary N) is 1. The van der Waals surface area contributed by atoms with Crippen LogP contribution in [-0.2, 0) is 11.2 Å². The van der Waals surface area contributed by atoms with Crippen LogP contribution in [0.2, 0.25) is 0 Å². The van der Waals surface area contributed by atoms with Crippen LogP contribution in [0.25, 0.3) is 0 Å². The van der Waals surface area contributed by atoms with Gasteiger partial charge in [0.1, 0.15) is 0 Å². The first-order chi connectivity index (χ1) is 9.16. The fraction of sp³-hybridized carbons (Fsp3) is 0.533. The number of ether oxygens (including phenoxy) is 2. The van der Waals surface area contributed by atoms with Crippen LogP contribution >= 0.6 is 0 Å². The van der Waals surface area contributed by atoms with E-state index in [0.29, 0.717) is 19.8 Å². The summed E-state index contributed by atoms with van der Waals surface area (Å²) in [5.41, 5.74) is 1.15. The molecule has 19 heavy (non-hydrogen) atoms. The number of carbonyl (C=O) groups is 1. The molecular weight excluding hydrogens is 242 g/mol. The van der Waals surface area contributed by atoms with Crippen LogP contribution in [0.5, 0.6) is 11.5 Å². The molecule has 0 unspecified atom stereocenters. The highest BCUT2D eigenvalue weighted by molar-refractivity contribution is 5.77. The van der Waals surface area contributed by atoms with Crippen LogP contribution in [0.1, 0.15) is 25.8 Å². The molecule has 0 aromatic heterocycles. The summed E-state index contributed by atoms with van der Waals surface area (Å²) in [7, 11) is 0. The van der Waals surface area contributed by atoms with E-state index in [2.05, 4.69) is 5.32 Å². The zero-order valence-corrected chi connectivity index (χ0v) is 11.6. The predicted octanol–water partition coefficient (Wildman–Crippen LogP) is 2.16. The Morgan fingerprint density at radius 3 is 2.74 bits per heavy atom. The zero-order chi connectivity index (χ0) is 13.7. The topological polar surface area (TPSA) is 47.6 Å². The van der Waals surface area contributed by atoms with Crippen LogP contribution in [-0.4, -0.2) is 25.7 Å². The quantitative estimate of drug-likeness (QED) is 0.905. The van der Waals surface area contributed by atoms with E-state index in [9.17, 15) is 4.79 Å². The van der Waals surface area contributed by atoms with Crippen molar-refractivity contribution >= 4 is 5.91 Å². The highest BCUT2D eigenvalue weighted by Crippen LogP contribution is 2.30. The van der Waals surface area contributed by atoms with Crippen molar-refractivity contribution in [3.05, 3.63) is 23.8 Å². The third-order valence-corrected chi connectivity index (χ3v) is 3.05. The Kier molecular flexibility index (Phi) is 4.66. The van der Waals surface area contributed by atoms with Gasteiger partial charge < -0.3 is 14.8 Å². The fourth-order valence-electron chi connectivity index (χ4n) is 1.90. The first kappa shape index (κ1) is 13.7. The minimum atomic E-state index is 0.0313. The molecule has 1 heterocycles. The van der Waals surface area contributed by atoms with E-state index in [1.165, 1.54) is 0 Å². The molecule has 1 aliphatic heterocycles. The number of fused-ring (bicyclic) bond motifs is 1. The van der Waals surface area contributed by atoms with Gasteiger partial charge in [0.15, 0.2) is 11.5 Å². The van der Waals surface area contributed by atoms with Gasteiger partial charge in [-0.3, -0.25) is 4.79 Å². The average Bonchev–Trinajstić information content (AvgIpc) is 2.63. The molecule has 0 spiro atoms. The molecule has 1 N–H and O–H groups in total. The summed E-state index contributed by atoms with van der Waals surface area (Å²) >= 11 is 0. The third kappa shape index (κ3) is 3.88. The Bertz CT molecular complexity index is 443. The minimum Gasteiger partial charge on any atom is -0.490 e. The van der Waals surface area contributed by atoms with Crippen LogP contribution < -0.4 is 14.8 Å². The number of hydrogen-bond acceptors (Lipinski definition) is 3. The van der Waals surface area contributed by atoms with E-state index in [1.54, 1.807) is 0 Å². The molecule has 1 aromatic carbocycles. The Hall–Kier alpha value is -1.71. The van der Waals surface area contributed by atoms with Crippen molar-refractivity contribution in [1.82, 2.24) is 5.32 Å². The lowest BCUT2D eigenvalue weighted by atomic mass is 10.1. The largest absolute Gasteiger partial charge is 0.490 e. The molecule has 0 saturated heterocycles. The maximum absolute atomic E-state index is 11.5. The lowest BCUT2D eigenvalue weighted by Gasteiger charge is -2.10. The van der Waals surface area contributed by atoms with Gasteiger partial charge in [0.2, 0.25) is 5.91 Å². The maximum Gasteiger partial charge on any atom is 0.222 e. The Balaban J connectivity index is 1.91. The van der Waals surface area contributed by atoms with Gasteiger partial charge in [-0.2, -0.15) is 0 Å². The minimum absolute atomic E-state index is 0.0313. The number of hydrogen-bond donors (Lipinski definition) is 1. The molecule has 104 valence electrons. The summed E-state index contributed by atoms with van der Waals surface area (Å²) in [5, 5.41) is 2.91. The first-order valence-electron chi connectivity index (χ1n) is 6.83. The summed E-state index contributed by atoms with van der Waals surface area (Å²) in [6.07, 6.45) is 1.71. The van der Waals surface area contributed by atoms with Crippen molar-refractivity contribution < 1.29 is 14.3 Å². The van der Waals surface area contributed by atoms with Crippen molar-refractivity contribution in [3.63, 3.8) is 0 Å². The second kappa shape index (κ2) is 6.45. The molecule has 4 heteroatoms. The Labute approximate surface area is 114 Å². The second-order valence-corrected chi connectivity index (χ2v) is 5.03. The van der Waals surface area contributed by atoms with Gasteiger partial charge in [-0.25, -0.2) is 0 Å². The normalized spacial score (nSPS) is 14.1. The van der Waals surface area contributed by atoms with Gasteiger partial charge in [0, 0.05) is 18.9 Å². The summed E-state index contributed by atoms with van der Waals surface area (Å²) in [5.74, 6) is 1.75. The molecule has 0 fully saturated rings. The van der Waals surface area contributed by atoms with Gasteiger partial charge in [0.05, 0.1) is 13.2 Å². The van der Waals surface area contributed by atoms with Gasteiger partial charge in [-0.1, -0.05) is 19.9 Å². The van der Waals surface area contributed by atoms with Gasteiger partial charge >= 0.3 is 0 Å². The van der Waals surface area contributed by atoms with Crippen LogP contribution in [0, 0.1) is 5.92 Å². The maximum atomic E-state index is 11.5. The molecular formula is C15H21NO3. The van der Waals surface area contributed by atoms with Crippen molar-refractivity contribution in [2.45, 2.75) is 26.7 Å². The van der Waals surface area contributed by atoms with E-state index in [-0.39, 0.29) is 11.8 Å². The summed E-state index contributed by atoms with van der Waals surface area (Å²) < 4.78 is 11.2. The molecule has 0 radical (unpaired) electrons. The zero-order valence-electron chi connectivity index (χ0n) is 11.6. The van der Waals surface area contributed by atoms with Crippen LogP contribution in [0.3, 0.4) is 0 Å².